The van der Waals surface area contributed by atoms with Gasteiger partial charge in [0.2, 0.25) is 0 Å². The number of rotatable bonds is 4. The predicted octanol–water partition coefficient (Wildman–Crippen LogP) is 2.24. The highest BCUT2D eigenvalue weighted by Crippen LogP contribution is 2.55. The average Bonchev–Trinajstić information content (AvgIpc) is 3.16. The fourth-order valence-electron chi connectivity index (χ4n) is 3.16. The first-order valence-electron chi connectivity index (χ1n) is 7.35. The number of benzene rings is 2. The van der Waals surface area contributed by atoms with Crippen LogP contribution in [0.3, 0.4) is 0 Å². The zero-order valence-electron chi connectivity index (χ0n) is 12.7. The normalized spacial score (nSPS) is 27.0. The maximum absolute atomic E-state index is 13.0. The lowest BCUT2D eigenvalue weighted by molar-refractivity contribution is 0.586. The minimum Gasteiger partial charge on any atom is -0.329 e. The summed E-state index contributed by atoms with van der Waals surface area (Å²) in [4.78, 5) is 0.227. The summed E-state index contributed by atoms with van der Waals surface area (Å²) in [5.74, 6) is -0.297. The number of hydrogen-bond donors (Lipinski definition) is 2. The van der Waals surface area contributed by atoms with Crippen molar-refractivity contribution in [2.75, 3.05) is 6.54 Å². The highest BCUT2D eigenvalue weighted by atomic mass is 35.5. The van der Waals surface area contributed by atoms with Gasteiger partial charge in [-0.25, -0.2) is 8.42 Å². The third-order valence-corrected chi connectivity index (χ3v) is 7.13. The highest BCUT2D eigenvalue weighted by Gasteiger charge is 2.68. The summed E-state index contributed by atoms with van der Waals surface area (Å²) >= 11 is 5.84. The summed E-state index contributed by atoms with van der Waals surface area (Å²) in [5, 5.41) is -0.225. The van der Waals surface area contributed by atoms with E-state index in [4.69, 9.17) is 23.1 Å². The van der Waals surface area contributed by atoms with Crippen molar-refractivity contribution in [3.05, 3.63) is 64.7 Å². The van der Waals surface area contributed by atoms with Crippen molar-refractivity contribution in [3.63, 3.8) is 0 Å². The molecule has 1 fully saturated rings. The van der Waals surface area contributed by atoms with Gasteiger partial charge in [-0.2, -0.15) is 0 Å². The Morgan fingerprint density at radius 2 is 1.65 bits per heavy atom. The van der Waals surface area contributed by atoms with Crippen LogP contribution < -0.4 is 11.5 Å². The van der Waals surface area contributed by atoms with Gasteiger partial charge in [0, 0.05) is 17.5 Å². The monoisotopic (exact) mass is 350 g/mol. The topological polar surface area (TPSA) is 86.2 Å². The highest BCUT2D eigenvalue weighted by molar-refractivity contribution is 7.92. The smallest absolute Gasteiger partial charge is 0.183 e. The summed E-state index contributed by atoms with van der Waals surface area (Å²) in [6.45, 7) is 2.10. The lowest BCUT2D eigenvalue weighted by atomic mass is 10.1. The molecule has 1 saturated carbocycles. The third kappa shape index (κ3) is 2.68. The van der Waals surface area contributed by atoms with Crippen LogP contribution in [0.1, 0.15) is 17.0 Å². The Kier molecular flexibility index (Phi) is 4.01. The molecule has 0 heterocycles. The number of nitrogens with two attached hydrogens (primary N) is 2. The zero-order valence-corrected chi connectivity index (χ0v) is 14.3. The number of hydrogen-bond acceptors (Lipinski definition) is 4. The van der Waals surface area contributed by atoms with Crippen molar-refractivity contribution in [1.29, 1.82) is 0 Å². The molecule has 0 spiro atoms. The van der Waals surface area contributed by atoms with Crippen LogP contribution in [0.25, 0.3) is 0 Å². The molecule has 0 bridgehead atoms. The van der Waals surface area contributed by atoms with Gasteiger partial charge >= 0.3 is 0 Å². The Labute approximate surface area is 141 Å². The van der Waals surface area contributed by atoms with Crippen LogP contribution in [0.2, 0.25) is 5.02 Å². The van der Waals surface area contributed by atoms with E-state index in [9.17, 15) is 8.42 Å². The molecule has 0 aliphatic heterocycles. The van der Waals surface area contributed by atoms with Crippen LogP contribution in [-0.4, -0.2) is 25.8 Å². The fraction of sp³-hybridized carbons (Fsp3) is 0.294. The predicted molar refractivity (Wildman–Crippen MR) is 92.3 cm³/mol. The molecule has 3 rings (SSSR count). The quantitative estimate of drug-likeness (QED) is 0.885. The molecule has 4 N–H and O–H groups in total. The van der Waals surface area contributed by atoms with Crippen molar-refractivity contribution >= 4 is 21.4 Å². The lowest BCUT2D eigenvalue weighted by Crippen LogP contribution is -2.39. The average molecular weight is 351 g/mol. The van der Waals surface area contributed by atoms with Gasteiger partial charge < -0.3 is 11.5 Å². The van der Waals surface area contributed by atoms with E-state index in [-0.39, 0.29) is 17.4 Å². The van der Waals surface area contributed by atoms with Crippen molar-refractivity contribution in [2.24, 2.45) is 11.5 Å². The van der Waals surface area contributed by atoms with E-state index in [0.717, 1.165) is 11.1 Å². The molecular formula is C17H19ClN2O2S. The Hall–Kier alpha value is -1.40. The molecule has 2 aromatic carbocycles. The molecule has 0 unspecified atom stereocenters. The summed E-state index contributed by atoms with van der Waals surface area (Å²) in [6.07, 6.45) is 0. The van der Waals surface area contributed by atoms with Gasteiger partial charge in [-0.1, -0.05) is 41.4 Å². The van der Waals surface area contributed by atoms with E-state index in [2.05, 4.69) is 0 Å². The van der Waals surface area contributed by atoms with E-state index >= 15 is 0 Å². The first kappa shape index (κ1) is 16.5. The molecule has 1 aliphatic carbocycles. The van der Waals surface area contributed by atoms with E-state index in [1.54, 1.807) is 12.1 Å². The summed E-state index contributed by atoms with van der Waals surface area (Å²) < 4.78 is 25.9. The maximum Gasteiger partial charge on any atom is 0.183 e. The van der Waals surface area contributed by atoms with Gasteiger partial charge in [0.1, 0.15) is 0 Å². The molecule has 3 atom stereocenters. The van der Waals surface area contributed by atoms with Crippen LogP contribution in [0, 0.1) is 6.92 Å². The SMILES string of the molecule is Cc1ccc([C@@H]2[C@@H](S(=O)(=O)c3ccc(Cl)cc3)[C@@]2(N)CN)cc1. The summed E-state index contributed by atoms with van der Waals surface area (Å²) in [5.41, 5.74) is 13.2. The zero-order chi connectivity index (χ0) is 16.8. The molecule has 4 nitrogen and oxygen atoms in total. The Morgan fingerprint density at radius 3 is 2.17 bits per heavy atom. The van der Waals surface area contributed by atoms with E-state index in [1.165, 1.54) is 12.1 Å². The number of halogens is 1. The second-order valence-corrected chi connectivity index (χ2v) is 8.63. The molecule has 6 heteroatoms. The van der Waals surface area contributed by atoms with Gasteiger partial charge in [0.05, 0.1) is 15.7 Å². The molecule has 0 radical (unpaired) electrons. The van der Waals surface area contributed by atoms with Crippen molar-refractivity contribution < 1.29 is 8.42 Å². The minimum absolute atomic E-state index is 0.114. The summed E-state index contributed by atoms with van der Waals surface area (Å²) in [7, 11) is -3.57. The molecular weight excluding hydrogens is 332 g/mol. The van der Waals surface area contributed by atoms with Gasteiger partial charge in [-0.15, -0.1) is 0 Å². The van der Waals surface area contributed by atoms with Crippen molar-refractivity contribution in [1.82, 2.24) is 0 Å². The number of sulfone groups is 1. The lowest BCUT2D eigenvalue weighted by Gasteiger charge is -2.09. The Morgan fingerprint density at radius 1 is 1.09 bits per heavy atom. The fourth-order valence-corrected chi connectivity index (χ4v) is 5.61. The third-order valence-electron chi connectivity index (χ3n) is 4.57. The van der Waals surface area contributed by atoms with Crippen LogP contribution in [-0.2, 0) is 9.84 Å². The first-order chi connectivity index (χ1) is 10.8. The second-order valence-electron chi connectivity index (χ2n) is 6.12. The van der Waals surface area contributed by atoms with Gasteiger partial charge in [0.15, 0.2) is 9.84 Å². The van der Waals surface area contributed by atoms with Crippen molar-refractivity contribution in [3.8, 4) is 0 Å². The molecule has 122 valence electrons. The minimum atomic E-state index is -3.57. The molecule has 0 amide bonds. The molecule has 1 aliphatic rings. The Balaban J connectivity index is 2.01. The summed E-state index contributed by atoms with van der Waals surface area (Å²) in [6, 6.07) is 13.9. The molecule has 2 aromatic rings. The molecule has 23 heavy (non-hydrogen) atoms. The number of aryl methyl sites for hydroxylation is 1. The van der Waals surface area contributed by atoms with Crippen LogP contribution in [0.15, 0.2) is 53.4 Å². The molecule has 0 saturated heterocycles. The first-order valence-corrected chi connectivity index (χ1v) is 9.28. The van der Waals surface area contributed by atoms with Crippen molar-refractivity contribution in [2.45, 2.75) is 28.5 Å². The van der Waals surface area contributed by atoms with E-state index in [0.29, 0.717) is 5.02 Å². The van der Waals surface area contributed by atoms with Crippen LogP contribution in [0.4, 0.5) is 0 Å². The van der Waals surface area contributed by atoms with Gasteiger partial charge in [-0.05, 0) is 36.8 Å². The van der Waals surface area contributed by atoms with Crippen LogP contribution in [0.5, 0.6) is 0 Å². The van der Waals surface area contributed by atoms with E-state index in [1.807, 2.05) is 31.2 Å². The van der Waals surface area contributed by atoms with Crippen LogP contribution >= 0.6 is 11.6 Å². The van der Waals surface area contributed by atoms with Gasteiger partial charge in [0.25, 0.3) is 0 Å². The largest absolute Gasteiger partial charge is 0.329 e. The second kappa shape index (κ2) is 5.60. The maximum atomic E-state index is 13.0. The Bertz CT molecular complexity index is 819. The molecule has 0 aromatic heterocycles. The van der Waals surface area contributed by atoms with E-state index < -0.39 is 20.6 Å². The standard InChI is InChI=1S/C17H19ClN2O2S/c1-11-2-4-12(5-3-11)15-16(17(15,20)10-19)23(21,22)14-8-6-13(18)7-9-14/h2-9,15-16H,10,19-20H2,1H3/t15-,16-,17-/m1/s1. The van der Waals surface area contributed by atoms with Gasteiger partial charge in [-0.3, -0.25) is 0 Å².